The number of fused-ring (bicyclic) bond motifs is 3. The molecule has 0 fully saturated rings. The SMILES string of the molecule is CCC(CC)(CC(=O)O)NC(=O)CCc1c(C)nc2c3ccccc3nn2c1C. The Balaban J connectivity index is 1.82. The number of carboxylic acids is 1. The minimum atomic E-state index is -0.902. The van der Waals surface area contributed by atoms with Gasteiger partial charge in [-0.05, 0) is 50.8 Å². The molecular weight excluding hydrogens is 368 g/mol. The van der Waals surface area contributed by atoms with Gasteiger partial charge in [-0.25, -0.2) is 9.50 Å². The smallest absolute Gasteiger partial charge is 0.305 e. The van der Waals surface area contributed by atoms with Crippen molar-refractivity contribution in [3.63, 3.8) is 0 Å². The monoisotopic (exact) mass is 396 g/mol. The number of hydrogen-bond acceptors (Lipinski definition) is 4. The van der Waals surface area contributed by atoms with E-state index in [1.165, 1.54) is 0 Å². The summed E-state index contributed by atoms with van der Waals surface area (Å²) < 4.78 is 1.84. The molecule has 2 aromatic heterocycles. The summed E-state index contributed by atoms with van der Waals surface area (Å²) in [5.41, 5.74) is 3.87. The van der Waals surface area contributed by atoms with Crippen molar-refractivity contribution in [1.29, 1.82) is 0 Å². The van der Waals surface area contributed by atoms with E-state index in [4.69, 9.17) is 4.98 Å². The van der Waals surface area contributed by atoms with Crippen LogP contribution in [0.3, 0.4) is 0 Å². The van der Waals surface area contributed by atoms with E-state index < -0.39 is 11.5 Å². The van der Waals surface area contributed by atoms with Crippen LogP contribution in [-0.4, -0.2) is 37.1 Å². The Morgan fingerprint density at radius 3 is 2.52 bits per heavy atom. The zero-order valence-electron chi connectivity index (χ0n) is 17.5. The summed E-state index contributed by atoms with van der Waals surface area (Å²) in [4.78, 5) is 28.6. The zero-order chi connectivity index (χ0) is 21.2. The topological polar surface area (TPSA) is 96.6 Å². The molecule has 0 aliphatic rings. The highest BCUT2D eigenvalue weighted by Gasteiger charge is 2.30. The van der Waals surface area contributed by atoms with Crippen molar-refractivity contribution >= 4 is 28.4 Å². The first-order valence-corrected chi connectivity index (χ1v) is 10.1. The van der Waals surface area contributed by atoms with Crippen molar-refractivity contribution in [3.8, 4) is 0 Å². The van der Waals surface area contributed by atoms with Gasteiger partial charge in [0, 0.05) is 28.7 Å². The Hall–Kier alpha value is -2.96. The van der Waals surface area contributed by atoms with E-state index in [2.05, 4.69) is 10.4 Å². The van der Waals surface area contributed by atoms with Crippen LogP contribution in [0.5, 0.6) is 0 Å². The molecule has 1 aromatic carbocycles. The molecule has 0 saturated heterocycles. The van der Waals surface area contributed by atoms with Gasteiger partial charge in [-0.1, -0.05) is 26.0 Å². The second-order valence-electron chi connectivity index (χ2n) is 7.62. The molecule has 2 heterocycles. The molecule has 0 unspecified atom stereocenters. The summed E-state index contributed by atoms with van der Waals surface area (Å²) >= 11 is 0. The van der Waals surface area contributed by atoms with Crippen LogP contribution in [-0.2, 0) is 16.0 Å². The van der Waals surface area contributed by atoms with Crippen LogP contribution in [0.15, 0.2) is 24.3 Å². The van der Waals surface area contributed by atoms with Crippen molar-refractivity contribution < 1.29 is 14.7 Å². The number of nitrogens with one attached hydrogen (secondary N) is 1. The fourth-order valence-electron chi connectivity index (χ4n) is 3.95. The maximum atomic E-state index is 12.6. The second-order valence-corrected chi connectivity index (χ2v) is 7.62. The summed E-state index contributed by atoms with van der Waals surface area (Å²) in [6, 6.07) is 7.89. The average molecular weight is 396 g/mol. The van der Waals surface area contributed by atoms with Crippen molar-refractivity contribution in [1.82, 2.24) is 19.9 Å². The molecule has 3 aromatic rings. The summed E-state index contributed by atoms with van der Waals surface area (Å²) in [6.45, 7) is 7.75. The first kappa shape index (κ1) is 20.8. The van der Waals surface area contributed by atoms with E-state index >= 15 is 0 Å². The third-order valence-electron chi connectivity index (χ3n) is 5.87. The molecule has 0 bridgehead atoms. The molecule has 3 rings (SSSR count). The number of carbonyl (C=O) groups is 2. The minimum absolute atomic E-state index is 0.0722. The molecule has 0 saturated carbocycles. The largest absolute Gasteiger partial charge is 0.481 e. The molecule has 1 amide bonds. The van der Waals surface area contributed by atoms with Crippen LogP contribution in [0.25, 0.3) is 16.6 Å². The molecule has 7 nitrogen and oxygen atoms in total. The Morgan fingerprint density at radius 2 is 1.86 bits per heavy atom. The van der Waals surface area contributed by atoms with E-state index in [1.54, 1.807) is 0 Å². The van der Waals surface area contributed by atoms with E-state index in [9.17, 15) is 14.7 Å². The quantitative estimate of drug-likeness (QED) is 0.607. The molecule has 0 atom stereocenters. The van der Waals surface area contributed by atoms with Crippen LogP contribution in [0.1, 0.15) is 56.5 Å². The lowest BCUT2D eigenvalue weighted by atomic mass is 9.88. The number of aryl methyl sites for hydroxylation is 2. The fraction of sp³-hybridized carbons (Fsp3) is 0.455. The molecule has 0 spiro atoms. The summed E-state index contributed by atoms with van der Waals surface area (Å²) in [6.07, 6.45) is 1.88. The Bertz CT molecular complexity index is 1070. The molecule has 2 N–H and O–H groups in total. The molecule has 0 radical (unpaired) electrons. The zero-order valence-corrected chi connectivity index (χ0v) is 17.5. The van der Waals surface area contributed by atoms with Gasteiger partial charge in [-0.3, -0.25) is 9.59 Å². The number of benzene rings is 1. The third-order valence-corrected chi connectivity index (χ3v) is 5.87. The van der Waals surface area contributed by atoms with Gasteiger partial charge < -0.3 is 10.4 Å². The standard InChI is InChI=1S/C22H28N4O3/c1-5-22(6-2,13-20(28)29)24-19(27)12-11-16-14(3)23-21-17-9-7-8-10-18(17)25-26(21)15(16)4/h7-10H,5-6,11-13H2,1-4H3,(H,24,27)(H,28,29). The summed E-state index contributed by atoms with van der Waals surface area (Å²) in [5, 5.41) is 17.8. The van der Waals surface area contributed by atoms with Crippen molar-refractivity contribution in [2.24, 2.45) is 0 Å². The van der Waals surface area contributed by atoms with Crippen LogP contribution >= 0.6 is 0 Å². The number of rotatable bonds is 8. The van der Waals surface area contributed by atoms with Crippen LogP contribution < -0.4 is 5.32 Å². The van der Waals surface area contributed by atoms with Gasteiger partial charge >= 0.3 is 5.97 Å². The van der Waals surface area contributed by atoms with E-state index in [0.717, 1.165) is 33.5 Å². The normalized spacial score (nSPS) is 11.9. The number of nitrogens with zero attached hydrogens (tertiary/aromatic N) is 3. The average Bonchev–Trinajstić information content (AvgIpc) is 3.05. The van der Waals surface area contributed by atoms with Gasteiger partial charge in [0.25, 0.3) is 0 Å². The highest BCUT2D eigenvalue weighted by atomic mass is 16.4. The Labute approximate surface area is 170 Å². The summed E-state index contributed by atoms with van der Waals surface area (Å²) in [7, 11) is 0. The first-order chi connectivity index (χ1) is 13.8. The lowest BCUT2D eigenvalue weighted by Crippen LogP contribution is -2.49. The van der Waals surface area contributed by atoms with Crippen LogP contribution in [0, 0.1) is 13.8 Å². The number of hydrogen-bond donors (Lipinski definition) is 2. The predicted molar refractivity (Wildman–Crippen MR) is 112 cm³/mol. The molecule has 0 aliphatic heterocycles. The maximum absolute atomic E-state index is 12.6. The van der Waals surface area contributed by atoms with Crippen molar-refractivity contribution in [3.05, 3.63) is 41.2 Å². The number of carboxylic acid groups (broad SMARTS) is 1. The molecule has 7 heteroatoms. The van der Waals surface area contributed by atoms with Crippen molar-refractivity contribution in [2.45, 2.75) is 65.3 Å². The fourth-order valence-corrected chi connectivity index (χ4v) is 3.95. The Morgan fingerprint density at radius 1 is 1.17 bits per heavy atom. The van der Waals surface area contributed by atoms with Crippen molar-refractivity contribution in [2.75, 3.05) is 0 Å². The van der Waals surface area contributed by atoms with Crippen LogP contribution in [0.2, 0.25) is 0 Å². The highest BCUT2D eigenvalue weighted by molar-refractivity contribution is 5.92. The number of amides is 1. The first-order valence-electron chi connectivity index (χ1n) is 10.1. The maximum Gasteiger partial charge on any atom is 0.305 e. The van der Waals surface area contributed by atoms with Gasteiger partial charge in [0.2, 0.25) is 5.91 Å². The van der Waals surface area contributed by atoms with Gasteiger partial charge in [-0.2, -0.15) is 5.10 Å². The molecule has 29 heavy (non-hydrogen) atoms. The lowest BCUT2D eigenvalue weighted by molar-refractivity contribution is -0.139. The number of aliphatic carboxylic acids is 1. The van der Waals surface area contributed by atoms with E-state index in [1.807, 2.05) is 56.5 Å². The van der Waals surface area contributed by atoms with Gasteiger partial charge in [0.15, 0.2) is 5.65 Å². The van der Waals surface area contributed by atoms with E-state index in [0.29, 0.717) is 19.3 Å². The molecule has 154 valence electrons. The van der Waals surface area contributed by atoms with Gasteiger partial charge in [-0.15, -0.1) is 0 Å². The van der Waals surface area contributed by atoms with Gasteiger partial charge in [0.05, 0.1) is 11.9 Å². The second kappa shape index (κ2) is 8.19. The third kappa shape index (κ3) is 4.09. The highest BCUT2D eigenvalue weighted by Crippen LogP contribution is 2.24. The summed E-state index contributed by atoms with van der Waals surface area (Å²) in [5.74, 6) is -1.04. The molecular formula is C22H28N4O3. The Kier molecular flexibility index (Phi) is 5.86. The predicted octanol–water partition coefficient (Wildman–Crippen LogP) is 3.58. The number of carbonyl (C=O) groups excluding carboxylic acids is 1. The van der Waals surface area contributed by atoms with Crippen LogP contribution in [0.4, 0.5) is 0 Å². The van der Waals surface area contributed by atoms with Gasteiger partial charge in [0.1, 0.15) is 0 Å². The number of aromatic nitrogens is 3. The van der Waals surface area contributed by atoms with E-state index in [-0.39, 0.29) is 18.7 Å². The minimum Gasteiger partial charge on any atom is -0.481 e. The lowest BCUT2D eigenvalue weighted by Gasteiger charge is -2.31. The molecule has 0 aliphatic carbocycles.